The fraction of sp³-hybridized carbons (Fsp3) is 0.324. The Morgan fingerprint density at radius 3 is 2.53 bits per heavy atom. The monoisotopic (exact) mass is 633 g/mol. The van der Waals surface area contributed by atoms with Gasteiger partial charge in [-0.2, -0.15) is 0 Å². The number of likely N-dealkylation sites (tertiary alicyclic amines) is 1. The molecule has 10 nitrogen and oxygen atoms in total. The maximum atomic E-state index is 13.0. The van der Waals surface area contributed by atoms with Gasteiger partial charge in [0.1, 0.15) is 18.4 Å². The zero-order valence-corrected chi connectivity index (χ0v) is 25.7. The van der Waals surface area contributed by atoms with Crippen molar-refractivity contribution in [1.29, 1.82) is 0 Å². The summed E-state index contributed by atoms with van der Waals surface area (Å²) in [6, 6.07) is 19.7. The van der Waals surface area contributed by atoms with Gasteiger partial charge in [-0.3, -0.25) is 14.9 Å². The maximum Gasteiger partial charge on any atom is 0.323 e. The molecule has 1 fully saturated rings. The van der Waals surface area contributed by atoms with E-state index in [4.69, 9.17) is 26.0 Å². The molecule has 11 heteroatoms. The van der Waals surface area contributed by atoms with Gasteiger partial charge in [0.15, 0.2) is 11.5 Å². The van der Waals surface area contributed by atoms with Crippen molar-refractivity contribution in [1.82, 2.24) is 15.4 Å². The van der Waals surface area contributed by atoms with Gasteiger partial charge in [0.05, 0.1) is 11.6 Å². The zero-order chi connectivity index (χ0) is 31.9. The van der Waals surface area contributed by atoms with Crippen molar-refractivity contribution in [2.45, 2.75) is 39.0 Å². The largest absolute Gasteiger partial charge is 0.487 e. The number of hydrogen-bond acceptors (Lipinski definition) is 8. The number of carbonyl (C=O) groups excluding carboxylic acids is 1. The minimum absolute atomic E-state index is 0.147. The van der Waals surface area contributed by atoms with Gasteiger partial charge in [-0.05, 0) is 71.7 Å². The smallest absolute Gasteiger partial charge is 0.323 e. The highest BCUT2D eigenvalue weighted by Gasteiger charge is 2.25. The zero-order valence-electron chi connectivity index (χ0n) is 24.9. The lowest BCUT2D eigenvalue weighted by Crippen LogP contribution is -2.39. The average molecular weight is 634 g/mol. The second-order valence-electron chi connectivity index (χ2n) is 11.2. The number of aliphatic hydroxyl groups is 2. The average Bonchev–Trinajstić information content (AvgIpc) is 3.55. The number of nitrogens with one attached hydrogen (secondary N) is 1. The normalized spacial score (nSPS) is 14.4. The molecule has 3 aromatic carbocycles. The molecule has 45 heavy (non-hydrogen) atoms. The first-order valence-corrected chi connectivity index (χ1v) is 15.2. The summed E-state index contributed by atoms with van der Waals surface area (Å²) in [5.41, 5.74) is 5.83. The minimum atomic E-state index is -1.13. The van der Waals surface area contributed by atoms with Gasteiger partial charge in [-0.1, -0.05) is 59.2 Å². The molecule has 4 aromatic rings. The number of hydrogen-bond donors (Lipinski definition) is 4. The summed E-state index contributed by atoms with van der Waals surface area (Å²) < 4.78 is 11.6. The van der Waals surface area contributed by atoms with Crippen molar-refractivity contribution in [3.05, 3.63) is 94.1 Å². The molecule has 5 rings (SSSR count). The number of carboxylic acid groups (broad SMARTS) is 1. The fourth-order valence-electron chi connectivity index (χ4n) is 5.38. The molecule has 1 aliphatic rings. The number of nitrogens with zero attached hydrogens (tertiary/aromatic N) is 2. The van der Waals surface area contributed by atoms with Crippen LogP contribution in [0, 0.1) is 12.8 Å². The van der Waals surface area contributed by atoms with Crippen molar-refractivity contribution in [2.75, 3.05) is 26.3 Å². The lowest BCUT2D eigenvalue weighted by atomic mass is 9.95. The summed E-state index contributed by atoms with van der Waals surface area (Å²) in [4.78, 5) is 25.9. The molecule has 4 N–H and O–H groups in total. The Morgan fingerprint density at radius 1 is 1.07 bits per heavy atom. The standard InChI is InChI=1S/C34H36ClN3O7/c1-21-26(20-44-31-9-8-23(14-28(31)35)17-36-30(19-40)34(42)43)6-3-7-27(21)24-4-2-5-25(15-24)32-16-29(37-45-32)33(41)38-12-10-22(18-39)11-13-38/h2-9,14-16,22,30,36,39-40H,10-13,17-20H2,1H3,(H,42,43)/t30-/m0/s1. The molecule has 1 atom stereocenters. The molecular formula is C34H36ClN3O7. The summed E-state index contributed by atoms with van der Waals surface area (Å²) in [5, 5.41) is 34.9. The van der Waals surface area contributed by atoms with Crippen molar-refractivity contribution in [3.8, 4) is 28.2 Å². The van der Waals surface area contributed by atoms with Gasteiger partial charge >= 0.3 is 5.97 Å². The number of rotatable bonds is 12. The topological polar surface area (TPSA) is 145 Å². The third-order valence-electron chi connectivity index (χ3n) is 8.21. The quantitative estimate of drug-likeness (QED) is 0.171. The third kappa shape index (κ3) is 7.72. The van der Waals surface area contributed by atoms with E-state index in [0.717, 1.165) is 46.2 Å². The van der Waals surface area contributed by atoms with E-state index in [1.165, 1.54) is 0 Å². The van der Waals surface area contributed by atoms with E-state index in [-0.39, 0.29) is 37.3 Å². The van der Waals surface area contributed by atoms with Crippen LogP contribution >= 0.6 is 11.6 Å². The predicted molar refractivity (Wildman–Crippen MR) is 169 cm³/mol. The van der Waals surface area contributed by atoms with Crippen molar-refractivity contribution >= 4 is 23.5 Å². The van der Waals surface area contributed by atoms with E-state index in [0.29, 0.717) is 29.6 Å². The van der Waals surface area contributed by atoms with E-state index in [1.54, 1.807) is 29.2 Å². The molecular weight excluding hydrogens is 598 g/mol. The van der Waals surface area contributed by atoms with Crippen LogP contribution in [-0.4, -0.2) is 69.6 Å². The van der Waals surface area contributed by atoms with Gasteiger partial charge in [0, 0.05) is 37.9 Å². The first-order valence-electron chi connectivity index (χ1n) is 14.8. The number of aliphatic hydroxyl groups excluding tert-OH is 2. The van der Waals surface area contributed by atoms with E-state index in [2.05, 4.69) is 10.5 Å². The molecule has 1 aliphatic heterocycles. The number of carboxylic acids is 1. The second kappa shape index (κ2) is 14.7. The lowest BCUT2D eigenvalue weighted by Gasteiger charge is -2.30. The molecule has 1 amide bonds. The molecule has 1 saturated heterocycles. The Balaban J connectivity index is 1.25. The van der Waals surface area contributed by atoms with Crippen LogP contribution in [0.4, 0.5) is 0 Å². The van der Waals surface area contributed by atoms with Crippen LogP contribution in [0.3, 0.4) is 0 Å². The highest BCUT2D eigenvalue weighted by atomic mass is 35.5. The number of carbonyl (C=O) groups is 2. The Bertz CT molecular complexity index is 1650. The number of amides is 1. The second-order valence-corrected chi connectivity index (χ2v) is 11.6. The Kier molecular flexibility index (Phi) is 10.5. The third-order valence-corrected chi connectivity index (χ3v) is 8.50. The van der Waals surface area contributed by atoms with Crippen LogP contribution in [0.1, 0.15) is 40.0 Å². The van der Waals surface area contributed by atoms with Gasteiger partial charge < -0.3 is 29.5 Å². The SMILES string of the molecule is Cc1c(COc2ccc(CN[C@@H](CO)C(=O)O)cc2Cl)cccc1-c1cccc(-c2cc(C(=O)N3CCC(CO)CC3)no2)c1. The molecule has 0 unspecified atom stereocenters. The van der Waals surface area contributed by atoms with Crippen molar-refractivity contribution < 1.29 is 34.2 Å². The van der Waals surface area contributed by atoms with Crippen LogP contribution in [-0.2, 0) is 17.9 Å². The predicted octanol–water partition coefficient (Wildman–Crippen LogP) is 4.93. The molecule has 236 valence electrons. The molecule has 2 heterocycles. The van der Waals surface area contributed by atoms with Crippen LogP contribution in [0.15, 0.2) is 71.3 Å². The number of piperidine rings is 1. The summed E-state index contributed by atoms with van der Waals surface area (Å²) in [5.74, 6) is -0.0481. The Hall–Kier alpha value is -4.22. The molecule has 0 bridgehead atoms. The molecule has 0 spiro atoms. The van der Waals surface area contributed by atoms with Gasteiger partial charge in [-0.15, -0.1) is 0 Å². The van der Waals surface area contributed by atoms with Gasteiger partial charge in [0.25, 0.3) is 5.91 Å². The van der Waals surface area contributed by atoms with Gasteiger partial charge in [0.2, 0.25) is 0 Å². The molecule has 0 aliphatic carbocycles. The van der Waals surface area contributed by atoms with Crippen molar-refractivity contribution in [2.24, 2.45) is 5.92 Å². The maximum absolute atomic E-state index is 13.0. The minimum Gasteiger partial charge on any atom is -0.487 e. The number of benzene rings is 3. The number of halogens is 1. The van der Waals surface area contributed by atoms with E-state index in [1.807, 2.05) is 49.4 Å². The number of ether oxygens (including phenoxy) is 1. The van der Waals surface area contributed by atoms with Crippen molar-refractivity contribution in [3.63, 3.8) is 0 Å². The van der Waals surface area contributed by atoms with E-state index < -0.39 is 18.6 Å². The molecule has 0 radical (unpaired) electrons. The summed E-state index contributed by atoms with van der Waals surface area (Å²) in [6.07, 6.45) is 1.55. The summed E-state index contributed by atoms with van der Waals surface area (Å²) >= 11 is 6.46. The Labute approximate surface area is 266 Å². The highest BCUT2D eigenvalue weighted by molar-refractivity contribution is 6.32. The number of aliphatic carboxylic acids is 1. The summed E-state index contributed by atoms with van der Waals surface area (Å²) in [7, 11) is 0. The van der Waals surface area contributed by atoms with E-state index >= 15 is 0 Å². The molecule has 1 aromatic heterocycles. The highest BCUT2D eigenvalue weighted by Crippen LogP contribution is 2.32. The van der Waals surface area contributed by atoms with Crippen LogP contribution in [0.5, 0.6) is 5.75 Å². The van der Waals surface area contributed by atoms with Gasteiger partial charge in [-0.25, -0.2) is 0 Å². The van der Waals surface area contributed by atoms with Crippen LogP contribution in [0.25, 0.3) is 22.5 Å². The first-order chi connectivity index (χ1) is 21.8. The number of aromatic nitrogens is 1. The van der Waals surface area contributed by atoms with Crippen LogP contribution in [0.2, 0.25) is 5.02 Å². The Morgan fingerprint density at radius 2 is 1.82 bits per heavy atom. The van der Waals surface area contributed by atoms with E-state index in [9.17, 15) is 19.8 Å². The first kappa shape index (κ1) is 32.2. The lowest BCUT2D eigenvalue weighted by molar-refractivity contribution is -0.140. The molecule has 0 saturated carbocycles. The van der Waals surface area contributed by atoms with Crippen LogP contribution < -0.4 is 10.1 Å². The fourth-order valence-corrected chi connectivity index (χ4v) is 5.64. The summed E-state index contributed by atoms with van der Waals surface area (Å²) in [6.45, 7) is 3.37.